The monoisotopic (exact) mass is 258 g/mol. The minimum absolute atomic E-state index is 0.674. The zero-order valence-corrected chi connectivity index (χ0v) is 12.1. The zero-order valence-electron chi connectivity index (χ0n) is 12.1. The molecule has 1 aliphatic rings. The van der Waals surface area contributed by atoms with Crippen LogP contribution < -0.4 is 0 Å². The van der Waals surface area contributed by atoms with Crippen molar-refractivity contribution in [2.24, 2.45) is 5.92 Å². The molecule has 1 saturated carbocycles. The lowest BCUT2D eigenvalue weighted by Crippen LogP contribution is -2.22. The fraction of sp³-hybridized carbons (Fsp3) is 0.556. The van der Waals surface area contributed by atoms with E-state index in [1.54, 1.807) is 0 Å². The average molecular weight is 258 g/mol. The maximum atomic E-state index is 10.6. The summed E-state index contributed by atoms with van der Waals surface area (Å²) in [5.41, 5.74) is 1.40. The molecule has 1 nitrogen and oxygen atoms in total. The van der Waals surface area contributed by atoms with Crippen LogP contribution in [0.5, 0.6) is 0 Å². The van der Waals surface area contributed by atoms with Gasteiger partial charge >= 0.3 is 0 Å². The van der Waals surface area contributed by atoms with Gasteiger partial charge in [-0.05, 0) is 24.8 Å². The number of rotatable bonds is 5. The van der Waals surface area contributed by atoms with Crippen molar-refractivity contribution < 1.29 is 5.11 Å². The molecule has 104 valence electrons. The highest BCUT2D eigenvalue weighted by atomic mass is 16.3. The summed E-state index contributed by atoms with van der Waals surface area (Å²) in [4.78, 5) is 0. The number of benzene rings is 1. The van der Waals surface area contributed by atoms with Gasteiger partial charge in [0.25, 0.3) is 0 Å². The fourth-order valence-electron chi connectivity index (χ4n) is 3.26. The normalized spacial score (nSPS) is 19.9. The molecule has 0 heterocycles. The molecule has 1 heteroatoms. The molecule has 1 aromatic carbocycles. The van der Waals surface area contributed by atoms with Crippen molar-refractivity contribution in [3.63, 3.8) is 0 Å². The molecule has 1 aromatic rings. The van der Waals surface area contributed by atoms with Gasteiger partial charge < -0.3 is 5.11 Å². The Balaban J connectivity index is 1.90. The first-order valence-corrected chi connectivity index (χ1v) is 7.52. The first-order chi connectivity index (χ1) is 9.08. The highest BCUT2D eigenvalue weighted by Gasteiger charge is 2.25. The van der Waals surface area contributed by atoms with Crippen LogP contribution in [0.2, 0.25) is 0 Å². The lowest BCUT2D eigenvalue weighted by atomic mass is 9.81. The minimum atomic E-state index is -0.785. The third kappa shape index (κ3) is 4.21. The Kier molecular flexibility index (Phi) is 4.81. The van der Waals surface area contributed by atoms with E-state index >= 15 is 0 Å². The molecule has 0 saturated heterocycles. The maximum absolute atomic E-state index is 10.6. The van der Waals surface area contributed by atoms with Crippen LogP contribution in [0, 0.1) is 5.92 Å². The van der Waals surface area contributed by atoms with Crippen LogP contribution in [0.1, 0.15) is 57.4 Å². The molecule has 0 amide bonds. The SMILES string of the molecule is C=C(CC1CCCCC1)CC(C)(O)c1ccccc1. The molecule has 0 spiro atoms. The Labute approximate surface area is 117 Å². The van der Waals surface area contributed by atoms with Crippen molar-refractivity contribution in [2.75, 3.05) is 0 Å². The quantitative estimate of drug-likeness (QED) is 0.751. The lowest BCUT2D eigenvalue weighted by Gasteiger charge is -2.28. The largest absolute Gasteiger partial charge is 0.385 e. The Morgan fingerprint density at radius 1 is 1.21 bits per heavy atom. The molecule has 1 N–H and O–H groups in total. The van der Waals surface area contributed by atoms with Gasteiger partial charge in [-0.25, -0.2) is 0 Å². The number of aliphatic hydroxyl groups is 1. The van der Waals surface area contributed by atoms with Crippen LogP contribution in [-0.4, -0.2) is 5.11 Å². The standard InChI is InChI=1S/C18H26O/c1-15(13-16-9-5-3-6-10-16)14-18(2,19)17-11-7-4-8-12-17/h4,7-8,11-12,16,19H,1,3,5-6,9-10,13-14H2,2H3. The van der Waals surface area contributed by atoms with Crippen LogP contribution in [-0.2, 0) is 5.60 Å². The van der Waals surface area contributed by atoms with Gasteiger partial charge in [0.2, 0.25) is 0 Å². The molecule has 19 heavy (non-hydrogen) atoms. The molecule has 1 fully saturated rings. The topological polar surface area (TPSA) is 20.2 Å². The summed E-state index contributed by atoms with van der Waals surface area (Å²) in [5.74, 6) is 0.799. The third-order valence-electron chi connectivity index (χ3n) is 4.29. The molecule has 1 atom stereocenters. The molecule has 2 rings (SSSR count). The summed E-state index contributed by atoms with van der Waals surface area (Å²) in [6, 6.07) is 9.93. The Bertz CT molecular complexity index is 399. The molecular weight excluding hydrogens is 232 g/mol. The van der Waals surface area contributed by atoms with Crippen molar-refractivity contribution in [3.8, 4) is 0 Å². The molecule has 0 bridgehead atoms. The minimum Gasteiger partial charge on any atom is -0.385 e. The van der Waals surface area contributed by atoms with Crippen LogP contribution >= 0.6 is 0 Å². The molecule has 0 radical (unpaired) electrons. The van der Waals surface area contributed by atoms with E-state index in [0.717, 1.165) is 17.9 Å². The summed E-state index contributed by atoms with van der Waals surface area (Å²) in [6.45, 7) is 6.10. The first-order valence-electron chi connectivity index (χ1n) is 7.52. The molecule has 0 aliphatic heterocycles. The van der Waals surface area contributed by atoms with E-state index in [4.69, 9.17) is 0 Å². The second-order valence-corrected chi connectivity index (χ2v) is 6.27. The predicted molar refractivity (Wildman–Crippen MR) is 81.0 cm³/mol. The number of hydrogen-bond donors (Lipinski definition) is 1. The lowest BCUT2D eigenvalue weighted by molar-refractivity contribution is 0.0561. The summed E-state index contributed by atoms with van der Waals surface area (Å²) in [7, 11) is 0. The van der Waals surface area contributed by atoms with E-state index in [0.29, 0.717) is 6.42 Å². The van der Waals surface area contributed by atoms with E-state index in [2.05, 4.69) is 6.58 Å². The number of hydrogen-bond acceptors (Lipinski definition) is 1. The van der Waals surface area contributed by atoms with Gasteiger partial charge in [-0.1, -0.05) is 74.6 Å². The van der Waals surface area contributed by atoms with Gasteiger partial charge in [-0.3, -0.25) is 0 Å². The maximum Gasteiger partial charge on any atom is 0.0905 e. The van der Waals surface area contributed by atoms with Gasteiger partial charge in [0.05, 0.1) is 5.60 Å². The molecule has 1 aliphatic carbocycles. The van der Waals surface area contributed by atoms with E-state index in [-0.39, 0.29) is 0 Å². The van der Waals surface area contributed by atoms with Gasteiger partial charge in [-0.15, -0.1) is 0 Å². The summed E-state index contributed by atoms with van der Waals surface area (Å²) < 4.78 is 0. The second-order valence-electron chi connectivity index (χ2n) is 6.27. The van der Waals surface area contributed by atoms with Gasteiger partial charge in [-0.2, -0.15) is 0 Å². The summed E-state index contributed by atoms with van der Waals surface area (Å²) in [5, 5.41) is 10.6. The highest BCUT2D eigenvalue weighted by Crippen LogP contribution is 2.33. The van der Waals surface area contributed by atoms with E-state index < -0.39 is 5.60 Å². The Morgan fingerprint density at radius 2 is 1.84 bits per heavy atom. The third-order valence-corrected chi connectivity index (χ3v) is 4.29. The van der Waals surface area contributed by atoms with E-state index in [1.807, 2.05) is 37.3 Å². The van der Waals surface area contributed by atoms with Crippen LogP contribution in [0.25, 0.3) is 0 Å². The average Bonchev–Trinajstić information content (AvgIpc) is 2.40. The van der Waals surface area contributed by atoms with Gasteiger partial charge in [0.1, 0.15) is 0 Å². The van der Waals surface area contributed by atoms with Crippen molar-refractivity contribution in [2.45, 2.75) is 57.5 Å². The van der Waals surface area contributed by atoms with Gasteiger partial charge in [0, 0.05) is 6.42 Å². The van der Waals surface area contributed by atoms with E-state index in [1.165, 1.54) is 37.7 Å². The van der Waals surface area contributed by atoms with Crippen LogP contribution in [0.3, 0.4) is 0 Å². The van der Waals surface area contributed by atoms with Crippen molar-refractivity contribution in [1.82, 2.24) is 0 Å². The fourth-order valence-corrected chi connectivity index (χ4v) is 3.26. The van der Waals surface area contributed by atoms with Crippen molar-refractivity contribution in [3.05, 3.63) is 48.0 Å². The highest BCUT2D eigenvalue weighted by molar-refractivity contribution is 5.23. The van der Waals surface area contributed by atoms with E-state index in [9.17, 15) is 5.11 Å². The van der Waals surface area contributed by atoms with Crippen LogP contribution in [0.15, 0.2) is 42.5 Å². The van der Waals surface area contributed by atoms with Gasteiger partial charge in [0.15, 0.2) is 0 Å². The molecule has 0 aromatic heterocycles. The molecule has 1 unspecified atom stereocenters. The smallest absolute Gasteiger partial charge is 0.0905 e. The summed E-state index contributed by atoms with van der Waals surface area (Å²) >= 11 is 0. The Hall–Kier alpha value is -1.08. The predicted octanol–water partition coefficient (Wildman–Crippen LogP) is 4.81. The zero-order chi connectivity index (χ0) is 13.7. The summed E-state index contributed by atoms with van der Waals surface area (Å²) in [6.07, 6.45) is 8.57. The first kappa shape index (κ1) is 14.3. The Morgan fingerprint density at radius 3 is 2.47 bits per heavy atom. The molecular formula is C18H26O. The second kappa shape index (κ2) is 6.38. The van der Waals surface area contributed by atoms with Crippen molar-refractivity contribution >= 4 is 0 Å². The van der Waals surface area contributed by atoms with Crippen LogP contribution in [0.4, 0.5) is 0 Å². The van der Waals surface area contributed by atoms with Crippen molar-refractivity contribution in [1.29, 1.82) is 0 Å².